The van der Waals surface area contributed by atoms with Crippen LogP contribution in [0, 0.1) is 12.3 Å². The second-order valence-corrected chi connectivity index (χ2v) is 4.74. The number of hydrogen-bond acceptors (Lipinski definition) is 2. The molecule has 0 amide bonds. The molecule has 0 saturated carbocycles. The summed E-state index contributed by atoms with van der Waals surface area (Å²) in [6.07, 6.45) is 5.78. The molecule has 1 rings (SSSR count). The first kappa shape index (κ1) is 14.9. The summed E-state index contributed by atoms with van der Waals surface area (Å²) < 4.78 is 29.7. The van der Waals surface area contributed by atoms with Crippen molar-refractivity contribution in [3.63, 3.8) is 0 Å². The van der Waals surface area contributed by atoms with Crippen LogP contribution >= 0.6 is 15.9 Å². The zero-order valence-electron chi connectivity index (χ0n) is 9.92. The molecule has 0 radical (unpaired) electrons. The van der Waals surface area contributed by atoms with Gasteiger partial charge >= 0.3 is 6.61 Å². The van der Waals surface area contributed by atoms with Crippen molar-refractivity contribution < 1.29 is 13.5 Å². The molecule has 1 aromatic carbocycles. The number of hydrogen-bond donors (Lipinski definition) is 1. The number of rotatable bonds is 6. The van der Waals surface area contributed by atoms with Crippen molar-refractivity contribution in [1.82, 2.24) is 5.32 Å². The molecular formula is C13H14BrF2NO. The molecule has 0 aromatic heterocycles. The highest BCUT2D eigenvalue weighted by molar-refractivity contribution is 9.10. The van der Waals surface area contributed by atoms with E-state index in [4.69, 9.17) is 6.42 Å². The second kappa shape index (κ2) is 7.34. The van der Waals surface area contributed by atoms with Gasteiger partial charge in [-0.15, -0.1) is 12.3 Å². The Bertz CT molecular complexity index is 431. The third kappa shape index (κ3) is 5.03. The van der Waals surface area contributed by atoms with E-state index in [0.29, 0.717) is 18.5 Å². The molecule has 0 aliphatic carbocycles. The van der Waals surface area contributed by atoms with Gasteiger partial charge in [0.15, 0.2) is 0 Å². The summed E-state index contributed by atoms with van der Waals surface area (Å²) in [4.78, 5) is 0. The van der Waals surface area contributed by atoms with Crippen LogP contribution in [0.15, 0.2) is 22.7 Å². The Hall–Kier alpha value is -1.12. The molecule has 1 N–H and O–H groups in total. The Morgan fingerprint density at radius 3 is 2.83 bits per heavy atom. The maximum atomic E-state index is 12.2. The Balaban J connectivity index is 2.73. The molecule has 2 nitrogen and oxygen atoms in total. The lowest BCUT2D eigenvalue weighted by Gasteiger charge is -2.14. The van der Waals surface area contributed by atoms with Gasteiger partial charge < -0.3 is 10.1 Å². The fourth-order valence-electron chi connectivity index (χ4n) is 1.43. The summed E-state index contributed by atoms with van der Waals surface area (Å²) in [5.74, 6) is 2.71. The van der Waals surface area contributed by atoms with Gasteiger partial charge in [-0.05, 0) is 25.1 Å². The van der Waals surface area contributed by atoms with Gasteiger partial charge in [-0.25, -0.2) is 0 Å². The van der Waals surface area contributed by atoms with Crippen LogP contribution in [0.5, 0.6) is 5.75 Å². The van der Waals surface area contributed by atoms with E-state index >= 15 is 0 Å². The maximum Gasteiger partial charge on any atom is 0.387 e. The SMILES string of the molecule is C#CCC(C)NCc1cc(Br)ccc1OC(F)F. The molecule has 98 valence electrons. The van der Waals surface area contributed by atoms with Crippen LogP contribution in [0.3, 0.4) is 0 Å². The molecule has 0 aliphatic heterocycles. The molecule has 0 aliphatic rings. The Kier molecular flexibility index (Phi) is 6.10. The summed E-state index contributed by atoms with van der Waals surface area (Å²) in [7, 11) is 0. The van der Waals surface area contributed by atoms with Crippen molar-refractivity contribution in [2.45, 2.75) is 32.5 Å². The highest BCUT2D eigenvalue weighted by atomic mass is 79.9. The quantitative estimate of drug-likeness (QED) is 0.810. The predicted octanol–water partition coefficient (Wildman–Crippen LogP) is 3.55. The number of halogens is 3. The average molecular weight is 318 g/mol. The molecule has 1 unspecified atom stereocenters. The van der Waals surface area contributed by atoms with Gasteiger partial charge in [0, 0.05) is 29.0 Å². The van der Waals surface area contributed by atoms with Crippen molar-refractivity contribution in [2.24, 2.45) is 0 Å². The van der Waals surface area contributed by atoms with E-state index in [1.54, 1.807) is 12.1 Å². The molecule has 18 heavy (non-hydrogen) atoms. The van der Waals surface area contributed by atoms with Crippen LogP contribution in [0.2, 0.25) is 0 Å². The normalized spacial score (nSPS) is 12.2. The molecule has 1 atom stereocenters. The topological polar surface area (TPSA) is 21.3 Å². The van der Waals surface area contributed by atoms with E-state index in [-0.39, 0.29) is 11.8 Å². The van der Waals surface area contributed by atoms with E-state index in [9.17, 15) is 8.78 Å². The first-order valence-electron chi connectivity index (χ1n) is 5.43. The zero-order chi connectivity index (χ0) is 13.5. The van der Waals surface area contributed by atoms with Crippen molar-refractivity contribution in [1.29, 1.82) is 0 Å². The maximum absolute atomic E-state index is 12.2. The minimum atomic E-state index is -2.83. The molecule has 0 bridgehead atoms. The summed E-state index contributed by atoms with van der Waals surface area (Å²) in [5.41, 5.74) is 0.661. The van der Waals surface area contributed by atoms with E-state index in [1.165, 1.54) is 6.07 Å². The molecule has 0 heterocycles. The monoisotopic (exact) mass is 317 g/mol. The molecule has 1 aromatic rings. The lowest BCUT2D eigenvalue weighted by molar-refractivity contribution is -0.0505. The van der Waals surface area contributed by atoms with Crippen molar-refractivity contribution in [2.75, 3.05) is 0 Å². The standard InChI is InChI=1S/C13H14BrF2NO/c1-3-4-9(2)17-8-10-7-11(14)5-6-12(10)18-13(15)16/h1,5-7,9,13,17H,4,8H2,2H3. The first-order chi connectivity index (χ1) is 8.52. The highest BCUT2D eigenvalue weighted by Gasteiger charge is 2.10. The van der Waals surface area contributed by atoms with Crippen LogP contribution in [-0.4, -0.2) is 12.7 Å². The lowest BCUT2D eigenvalue weighted by atomic mass is 10.1. The van der Waals surface area contributed by atoms with Crippen LogP contribution in [0.4, 0.5) is 8.78 Å². The summed E-state index contributed by atoms with van der Waals surface area (Å²) in [6.45, 7) is -0.469. The second-order valence-electron chi connectivity index (χ2n) is 3.82. The Morgan fingerprint density at radius 1 is 1.50 bits per heavy atom. The smallest absolute Gasteiger partial charge is 0.387 e. The van der Waals surface area contributed by atoms with Gasteiger partial charge in [0.05, 0.1) is 0 Å². The van der Waals surface area contributed by atoms with Gasteiger partial charge in [0.1, 0.15) is 5.75 Å². The summed E-state index contributed by atoms with van der Waals surface area (Å²) in [5, 5.41) is 3.15. The van der Waals surface area contributed by atoms with Crippen molar-refractivity contribution in [3.8, 4) is 18.1 Å². The number of alkyl halides is 2. The average Bonchev–Trinajstić information content (AvgIpc) is 2.29. The van der Waals surface area contributed by atoms with Gasteiger partial charge in [0.25, 0.3) is 0 Å². The van der Waals surface area contributed by atoms with E-state index < -0.39 is 6.61 Å². The third-order valence-electron chi connectivity index (χ3n) is 2.30. The molecule has 5 heteroatoms. The number of terminal acetylenes is 1. The first-order valence-corrected chi connectivity index (χ1v) is 6.22. The van der Waals surface area contributed by atoms with Gasteiger partial charge in [-0.3, -0.25) is 0 Å². The van der Waals surface area contributed by atoms with E-state index in [0.717, 1.165) is 4.47 Å². The molecule has 0 fully saturated rings. The van der Waals surface area contributed by atoms with E-state index in [2.05, 4.69) is 31.9 Å². The van der Waals surface area contributed by atoms with Crippen molar-refractivity contribution >= 4 is 15.9 Å². The Morgan fingerprint density at radius 2 is 2.22 bits per heavy atom. The fourth-order valence-corrected chi connectivity index (χ4v) is 1.84. The molecule has 0 saturated heterocycles. The molecule has 0 spiro atoms. The number of nitrogens with one attached hydrogen (secondary N) is 1. The minimum absolute atomic E-state index is 0.119. The summed E-state index contributed by atoms with van der Waals surface area (Å²) >= 11 is 3.30. The largest absolute Gasteiger partial charge is 0.434 e. The van der Waals surface area contributed by atoms with Crippen LogP contribution in [-0.2, 0) is 6.54 Å². The number of ether oxygens (including phenoxy) is 1. The third-order valence-corrected chi connectivity index (χ3v) is 2.80. The fraction of sp³-hybridized carbons (Fsp3) is 0.385. The van der Waals surface area contributed by atoms with E-state index in [1.807, 2.05) is 6.92 Å². The summed E-state index contributed by atoms with van der Waals surface area (Å²) in [6, 6.07) is 5.03. The van der Waals surface area contributed by atoms with Gasteiger partial charge in [0.2, 0.25) is 0 Å². The number of benzene rings is 1. The van der Waals surface area contributed by atoms with Gasteiger partial charge in [-0.2, -0.15) is 8.78 Å². The van der Waals surface area contributed by atoms with Crippen molar-refractivity contribution in [3.05, 3.63) is 28.2 Å². The van der Waals surface area contributed by atoms with Crippen LogP contribution in [0.1, 0.15) is 18.9 Å². The van der Waals surface area contributed by atoms with Crippen LogP contribution in [0.25, 0.3) is 0 Å². The minimum Gasteiger partial charge on any atom is -0.434 e. The lowest BCUT2D eigenvalue weighted by Crippen LogP contribution is -2.25. The Labute approximate surface area is 114 Å². The van der Waals surface area contributed by atoms with Gasteiger partial charge in [-0.1, -0.05) is 15.9 Å². The predicted molar refractivity (Wildman–Crippen MR) is 70.5 cm³/mol. The zero-order valence-corrected chi connectivity index (χ0v) is 11.5. The molecular weight excluding hydrogens is 304 g/mol. The van der Waals surface area contributed by atoms with Crippen LogP contribution < -0.4 is 10.1 Å². The highest BCUT2D eigenvalue weighted by Crippen LogP contribution is 2.24.